The third-order valence-electron chi connectivity index (χ3n) is 6.38. The maximum absolute atomic E-state index is 6.78. The third kappa shape index (κ3) is 3.11. The number of pyridine rings is 1. The average Bonchev–Trinajstić information content (AvgIpc) is 3.50. The Morgan fingerprint density at radius 1 is 0.889 bits per heavy atom. The van der Waals surface area contributed by atoms with Crippen molar-refractivity contribution < 1.29 is 4.74 Å². The van der Waals surface area contributed by atoms with E-state index in [2.05, 4.69) is 15.1 Å². The van der Waals surface area contributed by atoms with Gasteiger partial charge >= 0.3 is 0 Å². The second-order valence-corrected chi connectivity index (χ2v) is 8.92. The highest BCUT2D eigenvalue weighted by Gasteiger charge is 2.38. The fourth-order valence-corrected chi connectivity index (χ4v) is 5.01. The van der Waals surface area contributed by atoms with Crippen LogP contribution in [0.3, 0.4) is 0 Å². The van der Waals surface area contributed by atoms with Crippen molar-refractivity contribution in [2.75, 3.05) is 0 Å². The van der Waals surface area contributed by atoms with Crippen LogP contribution in [-0.2, 0) is 0 Å². The van der Waals surface area contributed by atoms with Crippen molar-refractivity contribution >= 4 is 17.2 Å². The number of nitrogens with zero attached hydrogens (tertiary/aromatic N) is 7. The lowest BCUT2D eigenvalue weighted by atomic mass is 9.84. The van der Waals surface area contributed by atoms with E-state index in [1.165, 1.54) is 0 Å². The molecule has 0 aliphatic carbocycles. The summed E-state index contributed by atoms with van der Waals surface area (Å²) in [7, 11) is 0. The van der Waals surface area contributed by atoms with E-state index in [0.717, 1.165) is 33.6 Å². The van der Waals surface area contributed by atoms with Crippen LogP contribution < -0.4 is 4.74 Å². The number of ether oxygens (including phenoxy) is 1. The Bertz CT molecular complexity index is 1750. The van der Waals surface area contributed by atoms with E-state index in [1.54, 1.807) is 23.2 Å². The molecular formula is C27H18ClN7O. The van der Waals surface area contributed by atoms with Gasteiger partial charge in [-0.3, -0.25) is 4.98 Å². The van der Waals surface area contributed by atoms with Gasteiger partial charge in [0.1, 0.15) is 6.33 Å². The lowest BCUT2D eigenvalue weighted by molar-refractivity contribution is 0.402. The van der Waals surface area contributed by atoms with Crippen LogP contribution in [-0.4, -0.2) is 34.3 Å². The summed E-state index contributed by atoms with van der Waals surface area (Å²) in [4.78, 5) is 13.6. The van der Waals surface area contributed by atoms with E-state index in [4.69, 9.17) is 26.4 Å². The summed E-state index contributed by atoms with van der Waals surface area (Å²) in [6.07, 6.45) is 5.06. The molecule has 0 N–H and O–H groups in total. The number of aryl methyl sites for hydroxylation is 1. The largest absolute Gasteiger partial charge is 0.420 e. The molecule has 1 atom stereocenters. The zero-order chi connectivity index (χ0) is 24.2. The monoisotopic (exact) mass is 491 g/mol. The Balaban J connectivity index is 1.52. The van der Waals surface area contributed by atoms with Gasteiger partial charge < -0.3 is 4.74 Å². The lowest BCUT2D eigenvalue weighted by Gasteiger charge is -2.27. The maximum atomic E-state index is 6.78. The van der Waals surface area contributed by atoms with Crippen LogP contribution in [0.4, 0.5) is 0 Å². The topological polar surface area (TPSA) is 83.0 Å². The van der Waals surface area contributed by atoms with Crippen molar-refractivity contribution in [1.82, 2.24) is 34.3 Å². The van der Waals surface area contributed by atoms with Crippen LogP contribution in [0.5, 0.6) is 11.8 Å². The smallest absolute Gasteiger partial charge is 0.230 e. The molecule has 5 heterocycles. The van der Waals surface area contributed by atoms with Gasteiger partial charge in [0.25, 0.3) is 0 Å². The highest BCUT2D eigenvalue weighted by molar-refractivity contribution is 6.31. The number of fused-ring (bicyclic) bond motifs is 4. The third-order valence-corrected chi connectivity index (χ3v) is 6.72. The van der Waals surface area contributed by atoms with Crippen molar-refractivity contribution in [3.05, 3.63) is 113 Å². The molecule has 7 rings (SSSR count). The predicted octanol–water partition coefficient (Wildman–Crippen LogP) is 5.62. The molecule has 0 bridgehead atoms. The minimum Gasteiger partial charge on any atom is -0.420 e. The van der Waals surface area contributed by atoms with Gasteiger partial charge in [-0.05, 0) is 42.8 Å². The number of rotatable bonds is 3. The molecule has 0 spiro atoms. The van der Waals surface area contributed by atoms with E-state index in [-0.39, 0.29) is 5.92 Å². The normalized spacial score (nSPS) is 14.3. The van der Waals surface area contributed by atoms with Gasteiger partial charge in [-0.2, -0.15) is 5.10 Å². The summed E-state index contributed by atoms with van der Waals surface area (Å²) >= 11 is 6.78. The van der Waals surface area contributed by atoms with Crippen molar-refractivity contribution in [3.8, 4) is 28.8 Å². The molecule has 0 saturated carbocycles. The molecule has 0 unspecified atom stereocenters. The summed E-state index contributed by atoms with van der Waals surface area (Å²) in [6, 6.07) is 21.5. The van der Waals surface area contributed by atoms with Crippen LogP contribution in [0.15, 0.2) is 85.5 Å². The fourth-order valence-electron chi connectivity index (χ4n) is 4.77. The van der Waals surface area contributed by atoms with Crippen LogP contribution in [0.2, 0.25) is 5.02 Å². The second kappa shape index (κ2) is 8.00. The first kappa shape index (κ1) is 20.8. The molecule has 174 valence electrons. The Kier molecular flexibility index (Phi) is 4.62. The number of hydrogen-bond donors (Lipinski definition) is 0. The highest BCUT2D eigenvalue weighted by atomic mass is 35.5. The summed E-state index contributed by atoms with van der Waals surface area (Å²) in [5.74, 6) is 1.33. The number of aromatic nitrogens is 7. The summed E-state index contributed by atoms with van der Waals surface area (Å²) in [5.41, 5.74) is 5.87. The zero-order valence-electron chi connectivity index (χ0n) is 19.1. The van der Waals surface area contributed by atoms with Crippen LogP contribution >= 0.6 is 11.6 Å². The number of benzene rings is 2. The van der Waals surface area contributed by atoms with Gasteiger partial charge in [-0.25, -0.2) is 19.2 Å². The van der Waals surface area contributed by atoms with Gasteiger partial charge in [-0.1, -0.05) is 48.0 Å². The van der Waals surface area contributed by atoms with Crippen LogP contribution in [0.25, 0.3) is 22.7 Å². The standard InChI is InChI=1S/C27H18ClN7O/c1-16-21-22(19-9-5-6-10-20(19)28)23-25-31-24(17-11-13-29-14-12-17)33-34(25)15-30-26(23)36-27(21)35(32-16)18-7-3-2-4-8-18/h2-15,22H,1H3/t22-/m0/s1. The number of halogens is 1. The minimum atomic E-state index is -0.305. The molecule has 9 heteroatoms. The van der Waals surface area contributed by atoms with Crippen molar-refractivity contribution in [1.29, 1.82) is 0 Å². The van der Waals surface area contributed by atoms with E-state index >= 15 is 0 Å². The van der Waals surface area contributed by atoms with Gasteiger partial charge in [0.05, 0.1) is 28.4 Å². The number of hydrogen-bond acceptors (Lipinski definition) is 6. The quantitative estimate of drug-likeness (QED) is 0.319. The zero-order valence-corrected chi connectivity index (χ0v) is 19.8. The molecule has 0 saturated heterocycles. The fraction of sp³-hybridized carbons (Fsp3) is 0.0741. The Hall–Kier alpha value is -4.56. The molecule has 6 aromatic rings. The highest BCUT2D eigenvalue weighted by Crippen LogP contribution is 2.50. The van der Waals surface area contributed by atoms with Crippen molar-refractivity contribution in [3.63, 3.8) is 0 Å². The maximum Gasteiger partial charge on any atom is 0.230 e. The first-order valence-electron chi connectivity index (χ1n) is 11.4. The van der Waals surface area contributed by atoms with E-state index in [9.17, 15) is 0 Å². The summed E-state index contributed by atoms with van der Waals surface area (Å²) < 4.78 is 9.95. The van der Waals surface area contributed by atoms with Crippen LogP contribution in [0, 0.1) is 6.92 Å². The van der Waals surface area contributed by atoms with Crippen molar-refractivity contribution in [2.24, 2.45) is 0 Å². The molecule has 2 aromatic carbocycles. The molecule has 36 heavy (non-hydrogen) atoms. The molecule has 0 amide bonds. The summed E-state index contributed by atoms with van der Waals surface area (Å²) in [6.45, 7) is 1.98. The summed E-state index contributed by atoms with van der Waals surface area (Å²) in [5, 5.41) is 10.2. The SMILES string of the molecule is Cc1nn(-c2ccccc2)c2c1[C@H](c1ccccc1Cl)c1c(ncn3nc(-c4ccncc4)nc13)O2. The Labute approximate surface area is 210 Å². The molecule has 0 radical (unpaired) electrons. The van der Waals surface area contributed by atoms with Gasteiger partial charge in [-0.15, -0.1) is 5.10 Å². The lowest BCUT2D eigenvalue weighted by Crippen LogP contribution is -2.16. The molecule has 0 fully saturated rings. The first-order valence-corrected chi connectivity index (χ1v) is 11.8. The predicted molar refractivity (Wildman–Crippen MR) is 135 cm³/mol. The second-order valence-electron chi connectivity index (χ2n) is 8.51. The molecular weight excluding hydrogens is 474 g/mol. The minimum absolute atomic E-state index is 0.305. The van der Waals surface area contributed by atoms with E-state index in [0.29, 0.717) is 28.3 Å². The van der Waals surface area contributed by atoms with Gasteiger partial charge in [0.15, 0.2) is 11.5 Å². The molecule has 1 aliphatic rings. The Morgan fingerprint density at radius 3 is 2.47 bits per heavy atom. The molecule has 1 aliphatic heterocycles. The average molecular weight is 492 g/mol. The van der Waals surface area contributed by atoms with Crippen molar-refractivity contribution in [2.45, 2.75) is 12.8 Å². The number of para-hydroxylation sites is 1. The Morgan fingerprint density at radius 2 is 1.67 bits per heavy atom. The van der Waals surface area contributed by atoms with E-state index < -0.39 is 0 Å². The van der Waals surface area contributed by atoms with E-state index in [1.807, 2.05) is 78.3 Å². The first-order chi connectivity index (χ1) is 17.7. The molecule has 4 aromatic heterocycles. The van der Waals surface area contributed by atoms with Gasteiger partial charge in [0.2, 0.25) is 11.8 Å². The van der Waals surface area contributed by atoms with Gasteiger partial charge in [0, 0.05) is 23.0 Å². The van der Waals surface area contributed by atoms with Crippen LogP contribution in [0.1, 0.15) is 28.3 Å². The molecule has 8 nitrogen and oxygen atoms in total.